The predicted octanol–water partition coefficient (Wildman–Crippen LogP) is 5.82. The van der Waals surface area contributed by atoms with Gasteiger partial charge in [0, 0.05) is 37.2 Å². The van der Waals surface area contributed by atoms with Gasteiger partial charge in [0.15, 0.2) is 8.32 Å². The molecule has 9 nitrogen and oxygen atoms in total. The van der Waals surface area contributed by atoms with E-state index in [1.54, 1.807) is 16.4 Å². The molecular weight excluding hydrogens is 607 g/mol. The molecular formula is C34H53N3O6SSi. The number of allylic oxidation sites excluding steroid dienone is 2. The minimum Gasteiger partial charge on any atom is -0.460 e. The van der Waals surface area contributed by atoms with Crippen LogP contribution in [0.15, 0.2) is 41.3 Å². The molecule has 1 saturated heterocycles. The number of aliphatic hydroxyl groups is 1. The van der Waals surface area contributed by atoms with E-state index in [9.17, 15) is 19.5 Å². The molecule has 45 heavy (non-hydrogen) atoms. The molecule has 2 bridgehead atoms. The number of nitrogens with zero attached hydrogens (tertiary/aromatic N) is 2. The molecule has 2 aliphatic rings. The van der Waals surface area contributed by atoms with Crippen LogP contribution in [0.25, 0.3) is 0 Å². The molecule has 2 N–H and O–H groups in total. The molecule has 11 heteroatoms. The first kappa shape index (κ1) is 36.9. The summed E-state index contributed by atoms with van der Waals surface area (Å²) in [5, 5.41) is 16.4. The second-order valence-electron chi connectivity index (χ2n) is 14.2. The van der Waals surface area contributed by atoms with Crippen LogP contribution in [-0.4, -0.2) is 78.5 Å². The standard InChI is InChI=1S/C34H53N3O6SSi/c1-22(2)31-24(4)14-15-29(39)35-16-10-12-23(3)18-26(43-45(8,9)34(5,6)7)19-25(38)20-30-36-27(21-44-30)32(40)37-17-11-13-28(37)33(41)42-31/h10,12,14-15,18,21-22,24-26,28,31,38H,11,13,16-17,19-20H2,1-9H3,(H,35,39)/b12-10+,15-14+,23-18+/t24-,25-,26?,28-,31-/m1/s1. The van der Waals surface area contributed by atoms with Crippen molar-refractivity contribution in [1.29, 1.82) is 0 Å². The second-order valence-corrected chi connectivity index (χ2v) is 19.9. The van der Waals surface area contributed by atoms with Gasteiger partial charge in [-0.05, 0) is 49.9 Å². The summed E-state index contributed by atoms with van der Waals surface area (Å²) in [4.78, 5) is 45.6. The van der Waals surface area contributed by atoms with Crippen molar-refractivity contribution in [1.82, 2.24) is 15.2 Å². The highest BCUT2D eigenvalue weighted by atomic mass is 32.1. The van der Waals surface area contributed by atoms with E-state index < -0.39 is 32.5 Å². The summed E-state index contributed by atoms with van der Waals surface area (Å²) >= 11 is 1.34. The number of fused-ring (bicyclic) bond motifs is 3. The van der Waals surface area contributed by atoms with Crippen molar-refractivity contribution in [2.45, 2.75) is 117 Å². The maximum absolute atomic E-state index is 13.5. The fraction of sp³-hybridized carbons (Fsp3) is 0.647. The Morgan fingerprint density at radius 3 is 2.58 bits per heavy atom. The Balaban J connectivity index is 1.92. The number of hydrogen-bond acceptors (Lipinski definition) is 8. The number of aliphatic hydroxyl groups excluding tert-OH is 1. The zero-order chi connectivity index (χ0) is 33.5. The average molecular weight is 660 g/mol. The van der Waals surface area contributed by atoms with Gasteiger partial charge in [0.2, 0.25) is 5.91 Å². The molecule has 250 valence electrons. The van der Waals surface area contributed by atoms with Crippen LogP contribution in [0.5, 0.6) is 0 Å². The Kier molecular flexibility index (Phi) is 12.9. The summed E-state index contributed by atoms with van der Waals surface area (Å²) in [6.45, 7) is 19.6. The molecule has 1 unspecified atom stereocenters. The Morgan fingerprint density at radius 2 is 1.91 bits per heavy atom. The lowest BCUT2D eigenvalue weighted by atomic mass is 9.94. The Morgan fingerprint density at radius 1 is 1.20 bits per heavy atom. The average Bonchev–Trinajstić information content (AvgIpc) is 3.61. The van der Waals surface area contributed by atoms with Crippen LogP contribution in [0.4, 0.5) is 0 Å². The topological polar surface area (TPSA) is 118 Å². The number of rotatable bonds is 3. The van der Waals surface area contributed by atoms with Crippen LogP contribution in [-0.2, 0) is 25.2 Å². The van der Waals surface area contributed by atoms with Gasteiger partial charge < -0.3 is 24.5 Å². The van der Waals surface area contributed by atoms with Crippen LogP contribution in [0.1, 0.15) is 83.2 Å². The van der Waals surface area contributed by atoms with Gasteiger partial charge in [0.25, 0.3) is 5.91 Å². The van der Waals surface area contributed by atoms with Gasteiger partial charge in [-0.3, -0.25) is 9.59 Å². The Bertz CT molecular complexity index is 1280. The summed E-state index contributed by atoms with van der Waals surface area (Å²) in [6, 6.07) is -0.689. The van der Waals surface area contributed by atoms with Crippen molar-refractivity contribution < 1.29 is 28.7 Å². The Labute approximate surface area is 274 Å². The van der Waals surface area contributed by atoms with Crippen molar-refractivity contribution in [2.75, 3.05) is 13.1 Å². The van der Waals surface area contributed by atoms with E-state index in [0.717, 1.165) is 5.57 Å². The highest BCUT2D eigenvalue weighted by molar-refractivity contribution is 7.09. The van der Waals surface area contributed by atoms with E-state index >= 15 is 0 Å². The number of amides is 2. The summed E-state index contributed by atoms with van der Waals surface area (Å²) in [7, 11) is -2.16. The fourth-order valence-corrected chi connectivity index (χ4v) is 7.50. The first-order valence-electron chi connectivity index (χ1n) is 16.1. The van der Waals surface area contributed by atoms with Crippen molar-refractivity contribution in [3.63, 3.8) is 0 Å². The van der Waals surface area contributed by atoms with E-state index in [1.807, 2.05) is 45.9 Å². The SMILES string of the molecule is CC1=C\C(O[Si](C)(C)C(C)(C)C)C[C@@H](O)Cc2nc(cs2)C(=O)N2CCC[C@@H]2C(=O)O[C@H](C(C)C)[C@H](C)/C=C/C(=O)NC\C=C\1. The molecule has 0 aliphatic carbocycles. The fourth-order valence-electron chi connectivity index (χ4n) is 5.39. The molecule has 1 aromatic rings. The van der Waals surface area contributed by atoms with Crippen LogP contribution in [0, 0.1) is 11.8 Å². The van der Waals surface area contributed by atoms with Gasteiger partial charge in [-0.25, -0.2) is 9.78 Å². The molecule has 0 aromatic carbocycles. The first-order chi connectivity index (χ1) is 21.0. The van der Waals surface area contributed by atoms with Gasteiger partial charge >= 0.3 is 5.97 Å². The van der Waals surface area contributed by atoms with Gasteiger partial charge in [0.05, 0.1) is 17.2 Å². The van der Waals surface area contributed by atoms with Crippen LogP contribution < -0.4 is 5.32 Å². The largest absolute Gasteiger partial charge is 0.460 e. The van der Waals surface area contributed by atoms with Crippen molar-refractivity contribution in [3.8, 4) is 0 Å². The highest BCUT2D eigenvalue weighted by Gasteiger charge is 2.40. The van der Waals surface area contributed by atoms with Crippen LogP contribution in [0.3, 0.4) is 0 Å². The van der Waals surface area contributed by atoms with E-state index in [0.29, 0.717) is 37.4 Å². The number of hydrogen-bond donors (Lipinski definition) is 2. The molecule has 5 atom stereocenters. The Hall–Kier alpha value is -2.60. The van der Waals surface area contributed by atoms with Crippen molar-refractivity contribution in [3.05, 3.63) is 52.0 Å². The monoisotopic (exact) mass is 659 g/mol. The van der Waals surface area contributed by atoms with Crippen LogP contribution >= 0.6 is 11.3 Å². The summed E-state index contributed by atoms with van der Waals surface area (Å²) < 4.78 is 12.7. The normalized spacial score (nSPS) is 29.4. The zero-order valence-electron chi connectivity index (χ0n) is 28.5. The number of cyclic esters (lactones) is 1. The van der Waals surface area contributed by atoms with Gasteiger partial charge in [-0.1, -0.05) is 71.4 Å². The number of aromatic nitrogens is 1. The van der Waals surface area contributed by atoms with E-state index in [2.05, 4.69) is 44.2 Å². The number of nitrogens with one attached hydrogen (secondary N) is 1. The maximum atomic E-state index is 13.5. The summed E-state index contributed by atoms with van der Waals surface area (Å²) in [5.74, 6) is -1.18. The third-order valence-corrected chi connectivity index (χ3v) is 14.3. The molecule has 2 aliphatic heterocycles. The lowest BCUT2D eigenvalue weighted by Gasteiger charge is -2.39. The lowest BCUT2D eigenvalue weighted by Crippen LogP contribution is -2.44. The number of esters is 1. The molecule has 0 radical (unpaired) electrons. The molecule has 2 amide bonds. The molecule has 1 aromatic heterocycles. The number of ether oxygens (including phenoxy) is 1. The zero-order valence-corrected chi connectivity index (χ0v) is 30.3. The second kappa shape index (κ2) is 15.8. The maximum Gasteiger partial charge on any atom is 0.329 e. The highest BCUT2D eigenvalue weighted by Crippen LogP contribution is 2.38. The van der Waals surface area contributed by atoms with E-state index in [-0.39, 0.29) is 46.9 Å². The number of thiazole rings is 1. The van der Waals surface area contributed by atoms with Gasteiger partial charge in [-0.2, -0.15) is 0 Å². The first-order valence-corrected chi connectivity index (χ1v) is 19.9. The van der Waals surface area contributed by atoms with E-state index in [4.69, 9.17) is 9.16 Å². The predicted molar refractivity (Wildman–Crippen MR) is 181 cm³/mol. The lowest BCUT2D eigenvalue weighted by molar-refractivity contribution is -0.158. The molecule has 3 heterocycles. The third kappa shape index (κ3) is 10.5. The molecule has 3 rings (SSSR count). The molecule has 0 saturated carbocycles. The van der Waals surface area contributed by atoms with Crippen molar-refractivity contribution >= 4 is 37.4 Å². The molecule has 0 spiro atoms. The third-order valence-electron chi connectivity index (χ3n) is 8.93. The van der Waals surface area contributed by atoms with Crippen molar-refractivity contribution in [2.24, 2.45) is 11.8 Å². The summed E-state index contributed by atoms with van der Waals surface area (Å²) in [6.07, 6.45) is 9.47. The molecule has 1 fully saturated rings. The minimum atomic E-state index is -2.16. The van der Waals surface area contributed by atoms with Gasteiger partial charge in [0.1, 0.15) is 17.8 Å². The van der Waals surface area contributed by atoms with E-state index in [1.165, 1.54) is 17.4 Å². The minimum absolute atomic E-state index is 0.00589. The van der Waals surface area contributed by atoms with Crippen LogP contribution in [0.2, 0.25) is 18.1 Å². The smallest absolute Gasteiger partial charge is 0.329 e. The summed E-state index contributed by atoms with van der Waals surface area (Å²) in [5.41, 5.74) is 1.24. The van der Waals surface area contributed by atoms with Gasteiger partial charge in [-0.15, -0.1) is 11.3 Å². The number of carbonyl (C=O) groups excluding carboxylic acids is 3. The number of carbonyl (C=O) groups is 3. The quantitative estimate of drug-likeness (QED) is 0.310.